The van der Waals surface area contributed by atoms with E-state index in [0.717, 1.165) is 31.8 Å². The molecule has 1 aliphatic carbocycles. The van der Waals surface area contributed by atoms with Gasteiger partial charge in [-0.05, 0) is 25.8 Å². The van der Waals surface area contributed by atoms with Gasteiger partial charge in [0.25, 0.3) is 0 Å². The van der Waals surface area contributed by atoms with Gasteiger partial charge in [-0.1, -0.05) is 37.6 Å². The lowest BCUT2D eigenvalue weighted by molar-refractivity contribution is -0.154. The van der Waals surface area contributed by atoms with Crippen LogP contribution < -0.4 is 0 Å². The first-order valence-corrected chi connectivity index (χ1v) is 7.42. The van der Waals surface area contributed by atoms with Crippen molar-refractivity contribution in [3.05, 3.63) is 37.0 Å². The van der Waals surface area contributed by atoms with Crippen molar-refractivity contribution >= 4 is 11.9 Å². The molecule has 4 nitrogen and oxygen atoms in total. The van der Waals surface area contributed by atoms with E-state index in [2.05, 4.69) is 6.58 Å². The molecule has 0 aliphatic heterocycles. The van der Waals surface area contributed by atoms with E-state index >= 15 is 0 Å². The summed E-state index contributed by atoms with van der Waals surface area (Å²) >= 11 is 0. The standard InChI is InChI=1S/C17H24O4/c1-3-5-6-9-12-20-17(19)15-11-8-7-10-14(15)13-21-16(18)4-2/h3-6,9,14-15H,2,7-8,10-13H2,1H3/b5-3+,9-6+/t14-,15+/m1/s1. The van der Waals surface area contributed by atoms with Gasteiger partial charge in [-0.2, -0.15) is 0 Å². The van der Waals surface area contributed by atoms with Crippen LogP contribution in [0.1, 0.15) is 32.6 Å². The molecule has 0 aromatic rings. The zero-order valence-electron chi connectivity index (χ0n) is 12.6. The molecule has 0 bridgehead atoms. The van der Waals surface area contributed by atoms with Crippen LogP contribution in [0, 0.1) is 11.8 Å². The number of carbonyl (C=O) groups excluding carboxylic acids is 2. The quantitative estimate of drug-likeness (QED) is 0.411. The Morgan fingerprint density at radius 2 is 1.95 bits per heavy atom. The molecule has 1 saturated carbocycles. The molecule has 0 heterocycles. The normalized spacial score (nSPS) is 22.3. The molecule has 116 valence electrons. The number of esters is 2. The van der Waals surface area contributed by atoms with Gasteiger partial charge in [0.2, 0.25) is 0 Å². The molecular weight excluding hydrogens is 268 g/mol. The van der Waals surface area contributed by atoms with E-state index < -0.39 is 5.97 Å². The smallest absolute Gasteiger partial charge is 0.330 e. The largest absolute Gasteiger partial charge is 0.462 e. The third kappa shape index (κ3) is 6.43. The lowest BCUT2D eigenvalue weighted by Gasteiger charge is -2.29. The second-order valence-corrected chi connectivity index (χ2v) is 5.07. The summed E-state index contributed by atoms with van der Waals surface area (Å²) in [5.74, 6) is -0.761. The zero-order chi connectivity index (χ0) is 15.5. The van der Waals surface area contributed by atoms with Crippen molar-refractivity contribution in [3.8, 4) is 0 Å². The van der Waals surface area contributed by atoms with Gasteiger partial charge in [0.15, 0.2) is 0 Å². The fourth-order valence-electron chi connectivity index (χ4n) is 2.45. The predicted molar refractivity (Wildman–Crippen MR) is 81.5 cm³/mol. The van der Waals surface area contributed by atoms with Crippen molar-refractivity contribution in [3.63, 3.8) is 0 Å². The summed E-state index contributed by atoms with van der Waals surface area (Å²) in [6, 6.07) is 0. The fourth-order valence-corrected chi connectivity index (χ4v) is 2.45. The summed E-state index contributed by atoms with van der Waals surface area (Å²) in [4.78, 5) is 23.3. The van der Waals surface area contributed by atoms with E-state index in [1.165, 1.54) is 0 Å². The second-order valence-electron chi connectivity index (χ2n) is 5.07. The van der Waals surface area contributed by atoms with Gasteiger partial charge in [0.05, 0.1) is 12.5 Å². The molecule has 2 atom stereocenters. The molecule has 0 radical (unpaired) electrons. The van der Waals surface area contributed by atoms with E-state index in [9.17, 15) is 9.59 Å². The van der Waals surface area contributed by atoms with Crippen molar-refractivity contribution in [2.75, 3.05) is 13.2 Å². The number of carbonyl (C=O) groups is 2. The van der Waals surface area contributed by atoms with Crippen LogP contribution in [-0.2, 0) is 19.1 Å². The lowest BCUT2D eigenvalue weighted by Crippen LogP contribution is -2.32. The average molecular weight is 292 g/mol. The van der Waals surface area contributed by atoms with Crippen LogP contribution in [0.15, 0.2) is 37.0 Å². The Labute approximate surface area is 126 Å². The van der Waals surface area contributed by atoms with Gasteiger partial charge in [0.1, 0.15) is 6.61 Å². The number of allylic oxidation sites excluding steroid dienone is 3. The van der Waals surface area contributed by atoms with Crippen molar-refractivity contribution in [2.45, 2.75) is 32.6 Å². The first-order valence-electron chi connectivity index (χ1n) is 7.42. The molecular formula is C17H24O4. The minimum atomic E-state index is -0.443. The molecule has 0 aromatic carbocycles. The number of hydrogen-bond donors (Lipinski definition) is 0. The van der Waals surface area contributed by atoms with Crippen LogP contribution in [0.5, 0.6) is 0 Å². The zero-order valence-corrected chi connectivity index (χ0v) is 12.6. The summed E-state index contributed by atoms with van der Waals surface area (Å²) in [6.07, 6.45) is 12.3. The topological polar surface area (TPSA) is 52.6 Å². The van der Waals surface area contributed by atoms with E-state index in [0.29, 0.717) is 0 Å². The molecule has 0 unspecified atom stereocenters. The van der Waals surface area contributed by atoms with Gasteiger partial charge in [0, 0.05) is 12.0 Å². The highest BCUT2D eigenvalue weighted by Gasteiger charge is 2.32. The Hall–Kier alpha value is -1.84. The molecule has 0 amide bonds. The minimum Gasteiger partial charge on any atom is -0.462 e. The van der Waals surface area contributed by atoms with Crippen molar-refractivity contribution in [1.29, 1.82) is 0 Å². The SMILES string of the molecule is C=CC(=O)OC[C@H]1CCCC[C@@H]1C(=O)OC/C=C/C=C/C. The molecule has 0 N–H and O–H groups in total. The highest BCUT2D eigenvalue weighted by atomic mass is 16.5. The Morgan fingerprint density at radius 3 is 2.67 bits per heavy atom. The highest BCUT2D eigenvalue weighted by Crippen LogP contribution is 2.31. The van der Waals surface area contributed by atoms with Gasteiger partial charge >= 0.3 is 11.9 Å². The average Bonchev–Trinajstić information content (AvgIpc) is 2.52. The Morgan fingerprint density at radius 1 is 1.19 bits per heavy atom. The highest BCUT2D eigenvalue weighted by molar-refractivity contribution is 5.81. The predicted octanol–water partition coefficient (Wildman–Crippen LogP) is 3.20. The molecule has 1 aliphatic rings. The van der Waals surface area contributed by atoms with Crippen LogP contribution >= 0.6 is 0 Å². The van der Waals surface area contributed by atoms with Crippen LogP contribution in [0.3, 0.4) is 0 Å². The summed E-state index contributed by atoms with van der Waals surface area (Å²) in [5, 5.41) is 0. The van der Waals surface area contributed by atoms with Crippen molar-refractivity contribution in [2.24, 2.45) is 11.8 Å². The maximum Gasteiger partial charge on any atom is 0.330 e. The molecule has 1 fully saturated rings. The lowest BCUT2D eigenvalue weighted by atomic mass is 9.80. The van der Waals surface area contributed by atoms with Crippen LogP contribution in [0.2, 0.25) is 0 Å². The first kappa shape index (κ1) is 17.2. The molecule has 0 saturated heterocycles. The fraction of sp³-hybridized carbons (Fsp3) is 0.529. The van der Waals surface area contributed by atoms with E-state index in [4.69, 9.17) is 9.47 Å². The number of hydrogen-bond acceptors (Lipinski definition) is 4. The maximum atomic E-state index is 12.1. The molecule has 0 spiro atoms. The van der Waals surface area contributed by atoms with E-state index in [1.807, 2.05) is 25.2 Å². The Bertz CT molecular complexity index is 409. The number of ether oxygens (including phenoxy) is 2. The third-order valence-electron chi connectivity index (χ3n) is 3.58. The van der Waals surface area contributed by atoms with E-state index in [-0.39, 0.29) is 31.0 Å². The maximum absolute atomic E-state index is 12.1. The Kier molecular flexibility index (Phi) is 8.17. The summed E-state index contributed by atoms with van der Waals surface area (Å²) in [5.41, 5.74) is 0. The van der Waals surface area contributed by atoms with Crippen LogP contribution in [0.4, 0.5) is 0 Å². The van der Waals surface area contributed by atoms with Crippen molar-refractivity contribution < 1.29 is 19.1 Å². The van der Waals surface area contributed by atoms with Gasteiger partial charge in [-0.15, -0.1) is 0 Å². The van der Waals surface area contributed by atoms with Gasteiger partial charge in [-0.25, -0.2) is 4.79 Å². The number of rotatable bonds is 7. The van der Waals surface area contributed by atoms with E-state index in [1.54, 1.807) is 6.08 Å². The second kappa shape index (κ2) is 9.97. The molecule has 0 aromatic heterocycles. The third-order valence-corrected chi connectivity index (χ3v) is 3.58. The summed E-state index contributed by atoms with van der Waals surface area (Å²) < 4.78 is 10.4. The summed E-state index contributed by atoms with van der Waals surface area (Å²) in [6.45, 7) is 5.83. The van der Waals surface area contributed by atoms with Gasteiger partial charge in [-0.3, -0.25) is 4.79 Å². The van der Waals surface area contributed by atoms with Gasteiger partial charge < -0.3 is 9.47 Å². The molecule has 1 rings (SSSR count). The molecule has 4 heteroatoms. The van der Waals surface area contributed by atoms with Crippen molar-refractivity contribution in [1.82, 2.24) is 0 Å². The van der Waals surface area contributed by atoms with Crippen LogP contribution in [0.25, 0.3) is 0 Å². The van der Waals surface area contributed by atoms with Crippen LogP contribution in [-0.4, -0.2) is 25.2 Å². The molecule has 21 heavy (non-hydrogen) atoms. The Balaban J connectivity index is 2.45. The first-order chi connectivity index (χ1) is 10.2. The minimum absolute atomic E-state index is 0.0506. The summed E-state index contributed by atoms with van der Waals surface area (Å²) in [7, 11) is 0. The monoisotopic (exact) mass is 292 g/mol.